The van der Waals surface area contributed by atoms with E-state index in [1.807, 2.05) is 61.5 Å². The van der Waals surface area contributed by atoms with Crippen LogP contribution in [0.1, 0.15) is 35.1 Å². The van der Waals surface area contributed by atoms with Crippen LogP contribution in [0.15, 0.2) is 63.9 Å². The third-order valence-electron chi connectivity index (χ3n) is 5.09. The second kappa shape index (κ2) is 9.32. The van der Waals surface area contributed by atoms with Crippen LogP contribution in [0, 0.1) is 6.92 Å². The highest BCUT2D eigenvalue weighted by atomic mass is 32.2. The van der Waals surface area contributed by atoms with E-state index in [1.165, 1.54) is 0 Å². The van der Waals surface area contributed by atoms with Gasteiger partial charge in [-0.1, -0.05) is 42.5 Å². The molecule has 0 aliphatic carbocycles. The fourth-order valence-electron chi connectivity index (χ4n) is 3.43. The molecule has 0 spiro atoms. The molecule has 1 saturated heterocycles. The van der Waals surface area contributed by atoms with Crippen molar-refractivity contribution in [3.05, 3.63) is 82.1 Å². The van der Waals surface area contributed by atoms with Gasteiger partial charge in [-0.05, 0) is 60.9 Å². The standard InChI is InChI=1S/C24H22N2O4S/c1-15-19(25-23(30-15)18-6-4-3-5-7-18)12-13-20(29-2)17-10-8-16(9-11-17)14-21-22(27)26-24(28)31-21/h3-11,14,20H,12-13H2,1-2H3,(H,26,27,28)/t20-/m0/s1. The molecule has 1 aliphatic heterocycles. The van der Waals surface area contributed by atoms with E-state index >= 15 is 0 Å². The Balaban J connectivity index is 1.43. The molecule has 158 valence electrons. The highest BCUT2D eigenvalue weighted by molar-refractivity contribution is 8.18. The number of aryl methyl sites for hydroxylation is 2. The minimum atomic E-state index is -0.355. The molecule has 1 fully saturated rings. The molecule has 2 heterocycles. The van der Waals surface area contributed by atoms with Gasteiger partial charge in [-0.25, -0.2) is 4.98 Å². The molecule has 31 heavy (non-hydrogen) atoms. The van der Waals surface area contributed by atoms with E-state index in [0.29, 0.717) is 10.8 Å². The monoisotopic (exact) mass is 434 g/mol. The number of aromatic nitrogens is 1. The smallest absolute Gasteiger partial charge is 0.290 e. The molecular weight excluding hydrogens is 412 g/mol. The minimum absolute atomic E-state index is 0.0938. The van der Waals surface area contributed by atoms with E-state index in [9.17, 15) is 9.59 Å². The van der Waals surface area contributed by atoms with Gasteiger partial charge in [0, 0.05) is 12.7 Å². The number of hydrogen-bond acceptors (Lipinski definition) is 6. The largest absolute Gasteiger partial charge is 0.441 e. The highest BCUT2D eigenvalue weighted by Crippen LogP contribution is 2.28. The average molecular weight is 435 g/mol. The predicted octanol–water partition coefficient (Wildman–Crippen LogP) is 5.29. The number of rotatable bonds is 7. The molecule has 1 aliphatic rings. The molecule has 7 heteroatoms. The van der Waals surface area contributed by atoms with Crippen LogP contribution in [0.3, 0.4) is 0 Å². The molecular formula is C24H22N2O4S. The maximum absolute atomic E-state index is 11.7. The number of oxazole rings is 1. The Morgan fingerprint density at radius 2 is 1.87 bits per heavy atom. The molecule has 6 nitrogen and oxygen atoms in total. The van der Waals surface area contributed by atoms with Crippen LogP contribution in [0.25, 0.3) is 17.5 Å². The van der Waals surface area contributed by atoms with Crippen molar-refractivity contribution in [1.29, 1.82) is 0 Å². The molecule has 1 atom stereocenters. The quantitative estimate of drug-likeness (QED) is 0.509. The van der Waals surface area contributed by atoms with Crippen LogP contribution in [-0.2, 0) is 16.0 Å². The molecule has 1 N–H and O–H groups in total. The number of methoxy groups -OCH3 is 1. The van der Waals surface area contributed by atoms with E-state index < -0.39 is 0 Å². The zero-order chi connectivity index (χ0) is 21.8. The minimum Gasteiger partial charge on any atom is -0.441 e. The molecule has 3 aromatic rings. The van der Waals surface area contributed by atoms with Crippen LogP contribution in [0.2, 0.25) is 0 Å². The molecule has 0 radical (unpaired) electrons. The number of benzene rings is 2. The van der Waals surface area contributed by atoms with Crippen molar-refractivity contribution in [2.75, 3.05) is 7.11 Å². The molecule has 2 amide bonds. The Labute approximate surface area is 184 Å². The number of imide groups is 1. The van der Waals surface area contributed by atoms with Crippen molar-refractivity contribution in [3.8, 4) is 11.5 Å². The lowest BCUT2D eigenvalue weighted by atomic mass is 10.0. The summed E-state index contributed by atoms with van der Waals surface area (Å²) in [4.78, 5) is 28.1. The van der Waals surface area contributed by atoms with Gasteiger partial charge in [-0.3, -0.25) is 14.9 Å². The summed E-state index contributed by atoms with van der Waals surface area (Å²) in [6.07, 6.45) is 3.10. The third-order valence-corrected chi connectivity index (χ3v) is 5.90. The summed E-state index contributed by atoms with van der Waals surface area (Å²) in [7, 11) is 1.69. The average Bonchev–Trinajstić information content (AvgIpc) is 3.31. The van der Waals surface area contributed by atoms with Gasteiger partial charge >= 0.3 is 0 Å². The first kappa shape index (κ1) is 21.1. The number of amides is 2. The first-order valence-electron chi connectivity index (χ1n) is 9.93. The molecule has 0 bridgehead atoms. The number of carbonyl (C=O) groups is 2. The number of ether oxygens (including phenoxy) is 1. The Morgan fingerprint density at radius 1 is 1.13 bits per heavy atom. The zero-order valence-electron chi connectivity index (χ0n) is 17.3. The lowest BCUT2D eigenvalue weighted by molar-refractivity contribution is -0.115. The fraction of sp³-hybridized carbons (Fsp3) is 0.208. The van der Waals surface area contributed by atoms with E-state index in [1.54, 1.807) is 13.2 Å². The Kier molecular flexibility index (Phi) is 6.34. The second-order valence-corrected chi connectivity index (χ2v) is 8.18. The van der Waals surface area contributed by atoms with Crippen LogP contribution < -0.4 is 5.32 Å². The van der Waals surface area contributed by atoms with Gasteiger partial charge in [-0.15, -0.1) is 0 Å². The zero-order valence-corrected chi connectivity index (χ0v) is 18.1. The molecule has 0 saturated carbocycles. The van der Waals surface area contributed by atoms with Crippen molar-refractivity contribution < 1.29 is 18.7 Å². The van der Waals surface area contributed by atoms with E-state index in [-0.39, 0.29) is 17.3 Å². The van der Waals surface area contributed by atoms with Gasteiger partial charge in [0.15, 0.2) is 0 Å². The van der Waals surface area contributed by atoms with Crippen molar-refractivity contribution in [1.82, 2.24) is 10.3 Å². The van der Waals surface area contributed by atoms with Gasteiger partial charge in [0.25, 0.3) is 11.1 Å². The number of nitrogens with one attached hydrogen (secondary N) is 1. The van der Waals surface area contributed by atoms with E-state index in [2.05, 4.69) is 10.3 Å². The first-order valence-corrected chi connectivity index (χ1v) is 10.7. The van der Waals surface area contributed by atoms with Gasteiger partial charge in [0.2, 0.25) is 5.89 Å². The third kappa shape index (κ3) is 4.95. The normalized spacial score (nSPS) is 16.0. The van der Waals surface area contributed by atoms with Crippen LogP contribution >= 0.6 is 11.8 Å². The summed E-state index contributed by atoms with van der Waals surface area (Å²) >= 11 is 0.912. The lowest BCUT2D eigenvalue weighted by Crippen LogP contribution is -2.17. The topological polar surface area (TPSA) is 81.4 Å². The van der Waals surface area contributed by atoms with Crippen LogP contribution in [0.5, 0.6) is 0 Å². The van der Waals surface area contributed by atoms with Gasteiger partial charge in [-0.2, -0.15) is 0 Å². The number of thioether (sulfide) groups is 1. The summed E-state index contributed by atoms with van der Waals surface area (Å²) in [6, 6.07) is 17.6. The van der Waals surface area contributed by atoms with Crippen molar-refractivity contribution >= 4 is 29.0 Å². The molecule has 1 aromatic heterocycles. The summed E-state index contributed by atoms with van der Waals surface area (Å²) < 4.78 is 11.6. The number of hydrogen-bond donors (Lipinski definition) is 1. The first-order chi connectivity index (χ1) is 15.0. The Hall–Kier alpha value is -3.16. The lowest BCUT2D eigenvalue weighted by Gasteiger charge is -2.15. The number of carbonyl (C=O) groups excluding carboxylic acids is 2. The predicted molar refractivity (Wildman–Crippen MR) is 120 cm³/mol. The van der Waals surface area contributed by atoms with Gasteiger partial charge in [0.05, 0.1) is 16.7 Å². The SMILES string of the molecule is CO[C@@H](CCc1nc(-c2ccccc2)oc1C)c1ccc(C=C2SC(=O)NC2=O)cc1. The summed E-state index contributed by atoms with van der Waals surface area (Å²) in [5.41, 5.74) is 3.77. The molecule has 2 aromatic carbocycles. The summed E-state index contributed by atoms with van der Waals surface area (Å²) in [6.45, 7) is 1.93. The van der Waals surface area contributed by atoms with Crippen molar-refractivity contribution in [3.63, 3.8) is 0 Å². The molecule has 0 unspecified atom stereocenters. The van der Waals surface area contributed by atoms with Crippen molar-refractivity contribution in [2.24, 2.45) is 0 Å². The highest BCUT2D eigenvalue weighted by Gasteiger charge is 2.25. The Bertz CT molecular complexity index is 1120. The van der Waals surface area contributed by atoms with Crippen molar-refractivity contribution in [2.45, 2.75) is 25.9 Å². The maximum atomic E-state index is 11.7. The van der Waals surface area contributed by atoms with E-state index in [4.69, 9.17) is 9.15 Å². The summed E-state index contributed by atoms with van der Waals surface area (Å²) in [5.74, 6) is 1.09. The Morgan fingerprint density at radius 3 is 2.52 bits per heavy atom. The maximum Gasteiger partial charge on any atom is 0.290 e. The van der Waals surface area contributed by atoms with Crippen LogP contribution in [-0.4, -0.2) is 23.2 Å². The summed E-state index contributed by atoms with van der Waals surface area (Å²) in [5, 5.41) is 1.92. The van der Waals surface area contributed by atoms with Crippen LogP contribution in [0.4, 0.5) is 4.79 Å². The second-order valence-electron chi connectivity index (χ2n) is 7.17. The van der Waals surface area contributed by atoms with Gasteiger partial charge < -0.3 is 9.15 Å². The molecule has 4 rings (SSSR count). The number of nitrogens with zero attached hydrogens (tertiary/aromatic N) is 1. The van der Waals surface area contributed by atoms with Gasteiger partial charge in [0.1, 0.15) is 5.76 Å². The fourth-order valence-corrected chi connectivity index (χ4v) is 4.11. The van der Waals surface area contributed by atoms with E-state index in [0.717, 1.165) is 52.7 Å².